The van der Waals surface area contributed by atoms with Gasteiger partial charge in [-0.2, -0.15) is 0 Å². The van der Waals surface area contributed by atoms with E-state index in [9.17, 15) is 4.79 Å². The van der Waals surface area contributed by atoms with Crippen molar-refractivity contribution in [1.29, 1.82) is 0 Å². The Morgan fingerprint density at radius 1 is 1.08 bits per heavy atom. The summed E-state index contributed by atoms with van der Waals surface area (Å²) in [5.41, 5.74) is 0.837. The van der Waals surface area contributed by atoms with Gasteiger partial charge in [0.05, 0.1) is 0 Å². The number of ketones is 1. The van der Waals surface area contributed by atoms with Crippen LogP contribution in [-0.4, -0.2) is 5.78 Å². The standard InChI is InChI=1S/C11H18O/c1-10-5-3-6-11(10,2)8-9(12)4-7-10/h3-8H2,1-2H3. The van der Waals surface area contributed by atoms with Crippen LogP contribution in [0.3, 0.4) is 0 Å². The molecule has 0 saturated heterocycles. The zero-order valence-electron chi connectivity index (χ0n) is 8.15. The van der Waals surface area contributed by atoms with Crippen molar-refractivity contribution in [3.63, 3.8) is 0 Å². The molecule has 0 aromatic carbocycles. The summed E-state index contributed by atoms with van der Waals surface area (Å²) in [5, 5.41) is 0. The molecule has 0 spiro atoms. The van der Waals surface area contributed by atoms with E-state index in [-0.39, 0.29) is 0 Å². The topological polar surface area (TPSA) is 17.1 Å². The summed E-state index contributed by atoms with van der Waals surface area (Å²) in [5.74, 6) is 0.497. The van der Waals surface area contributed by atoms with Crippen LogP contribution in [-0.2, 0) is 4.79 Å². The molecule has 0 aliphatic heterocycles. The summed E-state index contributed by atoms with van der Waals surface area (Å²) < 4.78 is 0. The van der Waals surface area contributed by atoms with Crippen LogP contribution in [0.15, 0.2) is 0 Å². The maximum absolute atomic E-state index is 11.4. The van der Waals surface area contributed by atoms with Crippen LogP contribution in [0.5, 0.6) is 0 Å². The van der Waals surface area contributed by atoms with Gasteiger partial charge in [-0.15, -0.1) is 0 Å². The first-order valence-electron chi connectivity index (χ1n) is 5.08. The minimum atomic E-state index is 0.350. The smallest absolute Gasteiger partial charge is 0.133 e. The Labute approximate surface area is 74.5 Å². The van der Waals surface area contributed by atoms with Crippen LogP contribution < -0.4 is 0 Å². The maximum Gasteiger partial charge on any atom is 0.133 e. The van der Waals surface area contributed by atoms with Gasteiger partial charge in [0.2, 0.25) is 0 Å². The van der Waals surface area contributed by atoms with E-state index in [0.29, 0.717) is 16.6 Å². The average molecular weight is 166 g/mol. The van der Waals surface area contributed by atoms with Crippen LogP contribution in [0.2, 0.25) is 0 Å². The van der Waals surface area contributed by atoms with Crippen molar-refractivity contribution in [2.24, 2.45) is 10.8 Å². The number of fused-ring (bicyclic) bond motifs is 1. The summed E-state index contributed by atoms with van der Waals surface area (Å²) in [7, 11) is 0. The van der Waals surface area contributed by atoms with Gasteiger partial charge < -0.3 is 0 Å². The van der Waals surface area contributed by atoms with Gasteiger partial charge in [0.25, 0.3) is 0 Å². The summed E-state index contributed by atoms with van der Waals surface area (Å²) in [6, 6.07) is 0. The molecule has 2 atom stereocenters. The number of hydrogen-bond donors (Lipinski definition) is 0. The molecule has 2 aliphatic carbocycles. The lowest BCUT2D eigenvalue weighted by Crippen LogP contribution is -2.39. The van der Waals surface area contributed by atoms with Gasteiger partial charge in [0.15, 0.2) is 0 Å². The molecule has 68 valence electrons. The van der Waals surface area contributed by atoms with E-state index in [1.54, 1.807) is 0 Å². The summed E-state index contributed by atoms with van der Waals surface area (Å²) in [6.45, 7) is 4.70. The largest absolute Gasteiger partial charge is 0.300 e. The fourth-order valence-electron chi connectivity index (χ4n) is 3.14. The lowest BCUT2D eigenvalue weighted by molar-refractivity contribution is -0.127. The van der Waals surface area contributed by atoms with Crippen molar-refractivity contribution in [3.8, 4) is 0 Å². The van der Waals surface area contributed by atoms with Crippen molar-refractivity contribution in [1.82, 2.24) is 0 Å². The minimum Gasteiger partial charge on any atom is -0.300 e. The van der Waals surface area contributed by atoms with Crippen LogP contribution in [0.4, 0.5) is 0 Å². The second-order valence-corrected chi connectivity index (χ2v) is 5.19. The van der Waals surface area contributed by atoms with Crippen molar-refractivity contribution in [3.05, 3.63) is 0 Å². The normalized spacial score (nSPS) is 47.7. The molecular weight excluding hydrogens is 148 g/mol. The van der Waals surface area contributed by atoms with E-state index in [2.05, 4.69) is 13.8 Å². The quantitative estimate of drug-likeness (QED) is 0.540. The molecule has 0 aromatic rings. The Bertz CT molecular complexity index is 221. The van der Waals surface area contributed by atoms with E-state index < -0.39 is 0 Å². The van der Waals surface area contributed by atoms with Crippen molar-refractivity contribution < 1.29 is 4.79 Å². The Morgan fingerprint density at radius 2 is 1.75 bits per heavy atom. The first kappa shape index (κ1) is 8.28. The van der Waals surface area contributed by atoms with Crippen LogP contribution in [0.1, 0.15) is 52.4 Å². The van der Waals surface area contributed by atoms with Gasteiger partial charge in [-0.1, -0.05) is 20.3 Å². The van der Waals surface area contributed by atoms with Gasteiger partial charge >= 0.3 is 0 Å². The zero-order chi connectivity index (χ0) is 8.82. The van der Waals surface area contributed by atoms with Gasteiger partial charge in [-0.25, -0.2) is 0 Å². The first-order chi connectivity index (χ1) is 5.56. The van der Waals surface area contributed by atoms with Crippen molar-refractivity contribution >= 4 is 5.78 Å². The van der Waals surface area contributed by atoms with E-state index in [0.717, 1.165) is 19.3 Å². The highest BCUT2D eigenvalue weighted by atomic mass is 16.1. The van der Waals surface area contributed by atoms with Gasteiger partial charge in [-0.3, -0.25) is 4.79 Å². The first-order valence-corrected chi connectivity index (χ1v) is 5.08. The monoisotopic (exact) mass is 166 g/mol. The third-order valence-electron chi connectivity index (χ3n) is 4.46. The number of hydrogen-bond acceptors (Lipinski definition) is 1. The summed E-state index contributed by atoms with van der Waals surface area (Å²) in [6.07, 6.45) is 6.78. The third kappa shape index (κ3) is 0.949. The Hall–Kier alpha value is -0.330. The molecule has 0 radical (unpaired) electrons. The molecule has 0 N–H and O–H groups in total. The third-order valence-corrected chi connectivity index (χ3v) is 4.46. The Balaban J connectivity index is 2.28. The Morgan fingerprint density at radius 3 is 2.50 bits per heavy atom. The lowest BCUT2D eigenvalue weighted by atomic mass is 9.59. The predicted octanol–water partition coefficient (Wildman–Crippen LogP) is 2.94. The SMILES string of the molecule is CC12CCCC1(C)CC(=O)CC2. The van der Waals surface area contributed by atoms with Crippen LogP contribution in [0.25, 0.3) is 0 Å². The molecular formula is C11H18O. The van der Waals surface area contributed by atoms with E-state index in [4.69, 9.17) is 0 Å². The highest BCUT2D eigenvalue weighted by molar-refractivity contribution is 5.80. The van der Waals surface area contributed by atoms with E-state index in [1.165, 1.54) is 19.3 Å². The summed E-state index contributed by atoms with van der Waals surface area (Å²) >= 11 is 0. The molecule has 2 aliphatic rings. The fraction of sp³-hybridized carbons (Fsp3) is 0.909. The molecule has 0 amide bonds. The molecule has 0 bridgehead atoms. The second kappa shape index (κ2) is 2.34. The van der Waals surface area contributed by atoms with Crippen molar-refractivity contribution in [2.45, 2.75) is 52.4 Å². The molecule has 2 fully saturated rings. The number of carbonyl (C=O) groups excluding carboxylic acids is 1. The number of Topliss-reactive ketones (excluding diaryl/α,β-unsaturated/α-hetero) is 1. The number of rotatable bonds is 0. The average Bonchev–Trinajstić information content (AvgIpc) is 2.26. The molecule has 12 heavy (non-hydrogen) atoms. The molecule has 1 nitrogen and oxygen atoms in total. The predicted molar refractivity (Wildman–Crippen MR) is 48.9 cm³/mol. The van der Waals surface area contributed by atoms with Gasteiger partial charge in [-0.05, 0) is 30.1 Å². The highest BCUT2D eigenvalue weighted by Crippen LogP contribution is 2.59. The fourth-order valence-corrected chi connectivity index (χ4v) is 3.14. The molecule has 0 aromatic heterocycles. The minimum absolute atomic E-state index is 0.350. The second-order valence-electron chi connectivity index (χ2n) is 5.19. The van der Waals surface area contributed by atoms with Crippen LogP contribution in [0, 0.1) is 10.8 Å². The summed E-state index contributed by atoms with van der Waals surface area (Å²) in [4.78, 5) is 11.4. The van der Waals surface area contributed by atoms with Gasteiger partial charge in [0.1, 0.15) is 5.78 Å². The molecule has 2 unspecified atom stereocenters. The van der Waals surface area contributed by atoms with E-state index in [1.807, 2.05) is 0 Å². The van der Waals surface area contributed by atoms with Crippen LogP contribution >= 0.6 is 0 Å². The molecule has 0 heterocycles. The van der Waals surface area contributed by atoms with Gasteiger partial charge in [0, 0.05) is 12.8 Å². The molecule has 2 rings (SSSR count). The molecule has 2 saturated carbocycles. The number of carbonyl (C=O) groups is 1. The maximum atomic E-state index is 11.4. The lowest BCUT2D eigenvalue weighted by Gasteiger charge is -2.44. The van der Waals surface area contributed by atoms with E-state index >= 15 is 0 Å². The van der Waals surface area contributed by atoms with Crippen molar-refractivity contribution in [2.75, 3.05) is 0 Å². The molecule has 1 heteroatoms. The zero-order valence-corrected chi connectivity index (χ0v) is 8.15. The Kier molecular flexibility index (Phi) is 1.61. The highest BCUT2D eigenvalue weighted by Gasteiger charge is 2.51.